The van der Waals surface area contributed by atoms with E-state index in [1.54, 1.807) is 13.2 Å². The predicted octanol–water partition coefficient (Wildman–Crippen LogP) is 4.02. The Morgan fingerprint density at radius 2 is 2.11 bits per heavy atom. The third-order valence-electron chi connectivity index (χ3n) is 5.00. The molecule has 2 aromatic carbocycles. The van der Waals surface area contributed by atoms with Crippen molar-refractivity contribution in [1.82, 2.24) is 14.9 Å². The molecule has 0 aliphatic carbocycles. The first-order valence-corrected chi connectivity index (χ1v) is 9.29. The van der Waals surface area contributed by atoms with Crippen LogP contribution in [-0.2, 0) is 17.8 Å². The number of halogens is 1. The molecule has 0 aliphatic heterocycles. The number of fused-ring (bicyclic) bond motifs is 2. The largest absolute Gasteiger partial charge is 0.497 e. The smallest absolute Gasteiger partial charge is 0.221 e. The zero-order chi connectivity index (χ0) is 19.5. The van der Waals surface area contributed by atoms with Crippen LogP contribution in [0.5, 0.6) is 5.75 Å². The van der Waals surface area contributed by atoms with E-state index in [4.69, 9.17) is 4.74 Å². The van der Waals surface area contributed by atoms with Gasteiger partial charge in [0.25, 0.3) is 0 Å². The van der Waals surface area contributed by atoms with Gasteiger partial charge in [-0.25, -0.2) is 4.39 Å². The SMILES string of the molecule is COc1ccc2c(ccn2CCC(=O)NCCc2c[nH]c3ccc(F)cc23)c1. The zero-order valence-corrected chi connectivity index (χ0v) is 15.7. The van der Waals surface area contributed by atoms with Gasteiger partial charge in [-0.2, -0.15) is 0 Å². The summed E-state index contributed by atoms with van der Waals surface area (Å²) in [5.74, 6) is 0.565. The summed E-state index contributed by atoms with van der Waals surface area (Å²) < 4.78 is 20.7. The van der Waals surface area contributed by atoms with Gasteiger partial charge in [0.05, 0.1) is 7.11 Å². The average Bonchev–Trinajstić information content (AvgIpc) is 3.29. The van der Waals surface area contributed by atoms with Crippen molar-refractivity contribution in [3.8, 4) is 5.75 Å². The number of H-pyrrole nitrogens is 1. The Bertz CT molecular complexity index is 1130. The molecule has 0 spiro atoms. The maximum absolute atomic E-state index is 13.4. The third kappa shape index (κ3) is 3.71. The van der Waals surface area contributed by atoms with Gasteiger partial charge in [-0.15, -0.1) is 0 Å². The first kappa shape index (κ1) is 18.1. The molecule has 0 bridgehead atoms. The van der Waals surface area contributed by atoms with Crippen molar-refractivity contribution in [1.29, 1.82) is 0 Å². The van der Waals surface area contributed by atoms with Crippen molar-refractivity contribution < 1.29 is 13.9 Å². The Hall–Kier alpha value is -3.28. The Kier molecular flexibility index (Phi) is 5.02. The molecule has 2 heterocycles. The lowest BCUT2D eigenvalue weighted by atomic mass is 10.1. The number of rotatable bonds is 7. The predicted molar refractivity (Wildman–Crippen MR) is 108 cm³/mol. The molecule has 4 rings (SSSR count). The van der Waals surface area contributed by atoms with Crippen LogP contribution in [0.2, 0.25) is 0 Å². The van der Waals surface area contributed by atoms with Crippen LogP contribution in [0.15, 0.2) is 54.9 Å². The fraction of sp³-hybridized carbons (Fsp3) is 0.227. The van der Waals surface area contributed by atoms with Crippen LogP contribution in [0.4, 0.5) is 4.39 Å². The molecule has 0 saturated heterocycles. The quantitative estimate of drug-likeness (QED) is 0.510. The normalized spacial score (nSPS) is 11.2. The Balaban J connectivity index is 1.31. The van der Waals surface area contributed by atoms with E-state index in [2.05, 4.69) is 14.9 Å². The molecule has 4 aromatic rings. The molecular formula is C22H22FN3O2. The Morgan fingerprint density at radius 1 is 1.21 bits per heavy atom. The number of hydrogen-bond donors (Lipinski definition) is 2. The number of carbonyl (C=O) groups excluding carboxylic acids is 1. The molecule has 0 saturated carbocycles. The Labute approximate surface area is 162 Å². The summed E-state index contributed by atoms with van der Waals surface area (Å²) in [6, 6.07) is 12.6. The minimum Gasteiger partial charge on any atom is -0.497 e. The number of amides is 1. The molecule has 0 atom stereocenters. The van der Waals surface area contributed by atoms with Gasteiger partial charge in [0.2, 0.25) is 5.91 Å². The molecule has 0 radical (unpaired) electrons. The fourth-order valence-corrected chi connectivity index (χ4v) is 3.50. The van der Waals surface area contributed by atoms with Gasteiger partial charge in [0.1, 0.15) is 11.6 Å². The second kappa shape index (κ2) is 7.76. The van der Waals surface area contributed by atoms with Crippen molar-refractivity contribution in [3.63, 3.8) is 0 Å². The second-order valence-corrected chi connectivity index (χ2v) is 6.79. The second-order valence-electron chi connectivity index (χ2n) is 6.79. The number of benzene rings is 2. The molecule has 2 N–H and O–H groups in total. The van der Waals surface area contributed by atoms with Gasteiger partial charge in [-0.1, -0.05) is 0 Å². The zero-order valence-electron chi connectivity index (χ0n) is 15.7. The number of nitrogens with one attached hydrogen (secondary N) is 2. The Morgan fingerprint density at radius 3 is 2.96 bits per heavy atom. The number of ether oxygens (including phenoxy) is 1. The van der Waals surface area contributed by atoms with Gasteiger partial charge in [0.15, 0.2) is 0 Å². The van der Waals surface area contributed by atoms with Gasteiger partial charge in [0, 0.05) is 53.7 Å². The molecule has 1 amide bonds. The van der Waals surface area contributed by atoms with E-state index in [1.807, 2.05) is 36.7 Å². The van der Waals surface area contributed by atoms with Crippen molar-refractivity contribution in [3.05, 3.63) is 66.2 Å². The van der Waals surface area contributed by atoms with Crippen LogP contribution >= 0.6 is 0 Å². The van der Waals surface area contributed by atoms with E-state index < -0.39 is 0 Å². The summed E-state index contributed by atoms with van der Waals surface area (Å²) in [4.78, 5) is 15.3. The monoisotopic (exact) mass is 379 g/mol. The molecule has 6 heteroatoms. The molecule has 28 heavy (non-hydrogen) atoms. The topological polar surface area (TPSA) is 59.0 Å². The number of aryl methyl sites for hydroxylation is 1. The van der Waals surface area contributed by atoms with Crippen LogP contribution in [0.1, 0.15) is 12.0 Å². The van der Waals surface area contributed by atoms with Gasteiger partial charge >= 0.3 is 0 Å². The summed E-state index contributed by atoms with van der Waals surface area (Å²) >= 11 is 0. The highest BCUT2D eigenvalue weighted by Gasteiger charge is 2.08. The van der Waals surface area contributed by atoms with Crippen molar-refractivity contribution >= 4 is 27.7 Å². The molecule has 5 nitrogen and oxygen atoms in total. The van der Waals surface area contributed by atoms with E-state index in [9.17, 15) is 9.18 Å². The van der Waals surface area contributed by atoms with Crippen molar-refractivity contribution in [2.24, 2.45) is 0 Å². The number of aromatic nitrogens is 2. The van der Waals surface area contributed by atoms with Gasteiger partial charge in [-0.05, 0) is 54.4 Å². The van der Waals surface area contributed by atoms with Crippen LogP contribution in [0.25, 0.3) is 21.8 Å². The number of methoxy groups -OCH3 is 1. The van der Waals surface area contributed by atoms with Crippen LogP contribution in [-0.4, -0.2) is 29.1 Å². The first-order chi connectivity index (χ1) is 13.6. The number of aromatic amines is 1. The van der Waals surface area contributed by atoms with Crippen LogP contribution in [0, 0.1) is 5.82 Å². The molecule has 0 unspecified atom stereocenters. The summed E-state index contributed by atoms with van der Waals surface area (Å²) in [5, 5.41) is 4.90. The standard InChI is InChI=1S/C22H22FN3O2/c1-28-18-3-5-21-15(12-18)7-10-26(21)11-8-22(27)24-9-6-16-14-25-20-4-2-17(23)13-19(16)20/h2-5,7,10,12-14,25H,6,8-9,11H2,1H3,(H,24,27). The summed E-state index contributed by atoms with van der Waals surface area (Å²) in [6.07, 6.45) is 4.91. The van der Waals surface area contributed by atoms with Crippen molar-refractivity contribution in [2.75, 3.05) is 13.7 Å². The maximum atomic E-state index is 13.4. The maximum Gasteiger partial charge on any atom is 0.221 e. The molecule has 0 fully saturated rings. The highest BCUT2D eigenvalue weighted by Crippen LogP contribution is 2.22. The highest BCUT2D eigenvalue weighted by molar-refractivity contribution is 5.84. The number of carbonyl (C=O) groups is 1. The van der Waals surface area contributed by atoms with Crippen LogP contribution < -0.4 is 10.1 Å². The van der Waals surface area contributed by atoms with E-state index in [1.165, 1.54) is 12.1 Å². The highest BCUT2D eigenvalue weighted by atomic mass is 19.1. The van der Waals surface area contributed by atoms with E-state index in [-0.39, 0.29) is 11.7 Å². The molecular weight excluding hydrogens is 357 g/mol. The minimum atomic E-state index is -0.256. The lowest BCUT2D eigenvalue weighted by Gasteiger charge is -2.08. The number of nitrogens with zero attached hydrogens (tertiary/aromatic N) is 1. The molecule has 0 aliphatic rings. The number of hydrogen-bond acceptors (Lipinski definition) is 2. The first-order valence-electron chi connectivity index (χ1n) is 9.29. The van der Waals surface area contributed by atoms with E-state index in [0.29, 0.717) is 25.9 Å². The van der Waals surface area contributed by atoms with E-state index >= 15 is 0 Å². The minimum absolute atomic E-state index is 0.00128. The van der Waals surface area contributed by atoms with Gasteiger partial charge in [-0.3, -0.25) is 4.79 Å². The van der Waals surface area contributed by atoms with Gasteiger partial charge < -0.3 is 19.6 Å². The molecule has 144 valence electrons. The van der Waals surface area contributed by atoms with Crippen LogP contribution in [0.3, 0.4) is 0 Å². The third-order valence-corrected chi connectivity index (χ3v) is 5.00. The lowest BCUT2D eigenvalue weighted by Crippen LogP contribution is -2.26. The summed E-state index contributed by atoms with van der Waals surface area (Å²) in [7, 11) is 1.65. The lowest BCUT2D eigenvalue weighted by molar-refractivity contribution is -0.121. The average molecular weight is 379 g/mol. The fourth-order valence-electron chi connectivity index (χ4n) is 3.50. The van der Waals surface area contributed by atoms with E-state index in [0.717, 1.165) is 33.1 Å². The summed E-state index contributed by atoms with van der Waals surface area (Å²) in [6.45, 7) is 1.13. The molecule has 2 aromatic heterocycles. The van der Waals surface area contributed by atoms with Crippen molar-refractivity contribution in [2.45, 2.75) is 19.4 Å². The summed E-state index contributed by atoms with van der Waals surface area (Å²) in [5.41, 5.74) is 2.98.